The average molecular weight is 225 g/mol. The van der Waals surface area contributed by atoms with Crippen molar-refractivity contribution >= 4 is 28.6 Å². The number of aromatic amines is 1. The van der Waals surface area contributed by atoms with Crippen LogP contribution in [0.25, 0.3) is 11.0 Å². The molecule has 0 saturated carbocycles. The van der Waals surface area contributed by atoms with Crippen molar-refractivity contribution < 1.29 is 9.90 Å². The van der Waals surface area contributed by atoms with E-state index in [2.05, 4.69) is 9.97 Å². The second-order valence-electron chi connectivity index (χ2n) is 2.89. The number of halogens is 1. The molecule has 0 radical (unpaired) electrons. The van der Waals surface area contributed by atoms with Gasteiger partial charge in [-0.1, -0.05) is 11.6 Å². The number of hydrogen-bond acceptors (Lipinski definition) is 3. The number of pyridine rings is 2. The van der Waals surface area contributed by atoms with Crippen molar-refractivity contribution in [2.45, 2.75) is 0 Å². The first-order valence-electron chi connectivity index (χ1n) is 4.01. The number of rotatable bonds is 1. The standard InChI is InChI=1S/C9H5ClN2O3/c10-6-2-1-4-3-5(9(14)15)8(13)12-7(4)11-6/h1-3H,(H,14,15)(H,11,12,13). The summed E-state index contributed by atoms with van der Waals surface area (Å²) in [6.07, 6.45) is 0. The summed E-state index contributed by atoms with van der Waals surface area (Å²) in [6.45, 7) is 0. The number of carboxylic acids is 1. The van der Waals surface area contributed by atoms with Crippen LogP contribution in [-0.2, 0) is 0 Å². The number of aromatic nitrogens is 2. The van der Waals surface area contributed by atoms with Crippen molar-refractivity contribution in [3.8, 4) is 0 Å². The summed E-state index contributed by atoms with van der Waals surface area (Å²) in [4.78, 5) is 28.1. The van der Waals surface area contributed by atoms with E-state index in [0.717, 1.165) is 0 Å². The maximum Gasteiger partial charge on any atom is 0.341 e. The van der Waals surface area contributed by atoms with Gasteiger partial charge in [-0.3, -0.25) is 4.79 Å². The summed E-state index contributed by atoms with van der Waals surface area (Å²) in [5, 5.41) is 9.47. The smallest absolute Gasteiger partial charge is 0.341 e. The molecule has 0 atom stereocenters. The van der Waals surface area contributed by atoms with Gasteiger partial charge in [0.1, 0.15) is 16.4 Å². The fourth-order valence-electron chi connectivity index (χ4n) is 1.22. The molecule has 0 amide bonds. The van der Waals surface area contributed by atoms with Crippen molar-refractivity contribution in [1.29, 1.82) is 0 Å². The molecular formula is C9H5ClN2O3. The molecule has 2 aromatic heterocycles. The van der Waals surface area contributed by atoms with Crippen LogP contribution in [0.2, 0.25) is 5.15 Å². The molecule has 2 heterocycles. The molecule has 0 aliphatic rings. The van der Waals surface area contributed by atoms with Gasteiger partial charge in [0.25, 0.3) is 5.56 Å². The minimum Gasteiger partial charge on any atom is -0.477 e. The van der Waals surface area contributed by atoms with Crippen molar-refractivity contribution in [2.75, 3.05) is 0 Å². The monoisotopic (exact) mass is 224 g/mol. The molecule has 0 aliphatic heterocycles. The fraction of sp³-hybridized carbons (Fsp3) is 0. The molecule has 0 spiro atoms. The van der Waals surface area contributed by atoms with Gasteiger partial charge in [0.2, 0.25) is 0 Å². The number of H-pyrrole nitrogens is 1. The van der Waals surface area contributed by atoms with E-state index in [4.69, 9.17) is 16.7 Å². The lowest BCUT2D eigenvalue weighted by Crippen LogP contribution is -2.17. The van der Waals surface area contributed by atoms with Crippen LogP contribution in [0.3, 0.4) is 0 Å². The van der Waals surface area contributed by atoms with E-state index in [0.29, 0.717) is 5.39 Å². The highest BCUT2D eigenvalue weighted by Crippen LogP contribution is 2.12. The van der Waals surface area contributed by atoms with Gasteiger partial charge in [-0.2, -0.15) is 0 Å². The molecule has 5 nitrogen and oxygen atoms in total. The van der Waals surface area contributed by atoms with Crippen LogP contribution < -0.4 is 5.56 Å². The lowest BCUT2D eigenvalue weighted by Gasteiger charge is -1.98. The Hall–Kier alpha value is -1.88. The molecule has 2 aromatic rings. The molecular weight excluding hydrogens is 220 g/mol. The number of hydrogen-bond donors (Lipinski definition) is 2. The summed E-state index contributed by atoms with van der Waals surface area (Å²) in [5.41, 5.74) is -0.728. The second kappa shape index (κ2) is 3.36. The Kier molecular flexibility index (Phi) is 2.17. The number of carboxylic acid groups (broad SMARTS) is 1. The van der Waals surface area contributed by atoms with Crippen molar-refractivity contribution in [3.05, 3.63) is 39.3 Å². The predicted molar refractivity (Wildman–Crippen MR) is 54.3 cm³/mol. The Morgan fingerprint density at radius 2 is 2.20 bits per heavy atom. The topological polar surface area (TPSA) is 83.0 Å². The van der Waals surface area contributed by atoms with Gasteiger partial charge < -0.3 is 10.1 Å². The van der Waals surface area contributed by atoms with Gasteiger partial charge in [0.05, 0.1) is 0 Å². The van der Waals surface area contributed by atoms with E-state index >= 15 is 0 Å². The highest BCUT2D eigenvalue weighted by Gasteiger charge is 2.10. The van der Waals surface area contributed by atoms with Crippen LogP contribution in [0.15, 0.2) is 23.0 Å². The Labute approximate surface area is 88.3 Å². The molecule has 76 valence electrons. The van der Waals surface area contributed by atoms with Gasteiger partial charge in [0, 0.05) is 5.39 Å². The van der Waals surface area contributed by atoms with E-state index < -0.39 is 11.5 Å². The molecule has 0 aromatic carbocycles. The third kappa shape index (κ3) is 1.69. The average Bonchev–Trinajstić information content (AvgIpc) is 2.15. The number of nitrogens with zero attached hydrogens (tertiary/aromatic N) is 1. The van der Waals surface area contributed by atoms with Gasteiger partial charge in [-0.05, 0) is 18.2 Å². The first-order valence-corrected chi connectivity index (χ1v) is 4.38. The molecule has 2 N–H and O–H groups in total. The minimum absolute atomic E-state index is 0.237. The predicted octanol–water partition coefficient (Wildman–Crippen LogP) is 1.27. The van der Waals surface area contributed by atoms with Crippen LogP contribution in [0.5, 0.6) is 0 Å². The molecule has 6 heteroatoms. The summed E-state index contributed by atoms with van der Waals surface area (Å²) in [6, 6.07) is 4.38. The summed E-state index contributed by atoms with van der Waals surface area (Å²) >= 11 is 5.62. The number of aromatic carboxylic acids is 1. The highest BCUT2D eigenvalue weighted by molar-refractivity contribution is 6.29. The van der Waals surface area contributed by atoms with Gasteiger partial charge in [-0.25, -0.2) is 9.78 Å². The quantitative estimate of drug-likeness (QED) is 0.715. The van der Waals surface area contributed by atoms with Gasteiger partial charge >= 0.3 is 5.97 Å². The van der Waals surface area contributed by atoms with Crippen LogP contribution in [0.1, 0.15) is 10.4 Å². The van der Waals surface area contributed by atoms with Crippen molar-refractivity contribution in [3.63, 3.8) is 0 Å². The Bertz CT molecular complexity index is 606. The van der Waals surface area contributed by atoms with Crippen LogP contribution in [0.4, 0.5) is 0 Å². The maximum absolute atomic E-state index is 11.3. The fourth-order valence-corrected chi connectivity index (χ4v) is 1.36. The number of nitrogens with one attached hydrogen (secondary N) is 1. The Balaban J connectivity index is 2.82. The number of carbonyl (C=O) groups is 1. The van der Waals surface area contributed by atoms with E-state index in [1.807, 2.05) is 0 Å². The second-order valence-corrected chi connectivity index (χ2v) is 3.28. The molecule has 0 aliphatic carbocycles. The number of fused-ring (bicyclic) bond motifs is 1. The third-order valence-corrected chi connectivity index (χ3v) is 2.11. The van der Waals surface area contributed by atoms with E-state index in [9.17, 15) is 9.59 Å². The van der Waals surface area contributed by atoms with Crippen molar-refractivity contribution in [2.24, 2.45) is 0 Å². The molecule has 2 rings (SSSR count). The van der Waals surface area contributed by atoms with E-state index in [1.54, 1.807) is 6.07 Å². The zero-order valence-corrected chi connectivity index (χ0v) is 8.08. The normalized spacial score (nSPS) is 10.5. The molecule has 0 fully saturated rings. The summed E-state index contributed by atoms with van der Waals surface area (Å²) in [7, 11) is 0. The lowest BCUT2D eigenvalue weighted by molar-refractivity contribution is 0.0695. The van der Waals surface area contributed by atoms with Crippen molar-refractivity contribution in [1.82, 2.24) is 9.97 Å². The molecule has 0 bridgehead atoms. The summed E-state index contributed by atoms with van der Waals surface area (Å²) < 4.78 is 0. The zero-order chi connectivity index (χ0) is 11.0. The minimum atomic E-state index is -1.27. The zero-order valence-electron chi connectivity index (χ0n) is 7.32. The highest BCUT2D eigenvalue weighted by atomic mass is 35.5. The summed E-state index contributed by atoms with van der Waals surface area (Å²) in [5.74, 6) is -1.27. The first-order chi connectivity index (χ1) is 7.08. The van der Waals surface area contributed by atoms with E-state index in [-0.39, 0.29) is 16.4 Å². The van der Waals surface area contributed by atoms with E-state index in [1.165, 1.54) is 12.1 Å². The molecule has 0 saturated heterocycles. The van der Waals surface area contributed by atoms with Crippen LogP contribution >= 0.6 is 11.6 Å². The van der Waals surface area contributed by atoms with Crippen LogP contribution in [0, 0.1) is 0 Å². The molecule has 15 heavy (non-hydrogen) atoms. The van der Waals surface area contributed by atoms with Crippen LogP contribution in [-0.4, -0.2) is 21.0 Å². The maximum atomic E-state index is 11.3. The Morgan fingerprint density at radius 1 is 1.47 bits per heavy atom. The van der Waals surface area contributed by atoms with Gasteiger partial charge in [-0.15, -0.1) is 0 Å². The largest absolute Gasteiger partial charge is 0.477 e. The SMILES string of the molecule is O=C(O)c1cc2ccc(Cl)nc2[nH]c1=O. The lowest BCUT2D eigenvalue weighted by atomic mass is 10.2. The van der Waals surface area contributed by atoms with Gasteiger partial charge in [0.15, 0.2) is 0 Å². The first kappa shape index (κ1) is 9.67. The Morgan fingerprint density at radius 3 is 2.87 bits per heavy atom. The molecule has 0 unspecified atom stereocenters. The third-order valence-electron chi connectivity index (χ3n) is 1.90.